The molecular weight excluding hydrogens is 426 g/mol. The third-order valence-corrected chi connectivity index (χ3v) is 7.03. The number of carbonyl (C=O) groups excluding carboxylic acids is 1. The number of ether oxygens (including phenoxy) is 1. The largest absolute Gasteiger partial charge is 0.442 e. The maximum Gasteiger partial charge on any atom is 0.290 e. The van der Waals surface area contributed by atoms with Crippen molar-refractivity contribution in [2.45, 2.75) is 57.5 Å². The molecule has 1 unspecified atom stereocenters. The van der Waals surface area contributed by atoms with E-state index in [1.165, 1.54) is 52.3 Å². The molecule has 0 saturated carbocycles. The van der Waals surface area contributed by atoms with Crippen LogP contribution in [0.1, 0.15) is 48.4 Å². The molecule has 0 spiro atoms. The third-order valence-electron chi connectivity index (χ3n) is 7.03. The van der Waals surface area contributed by atoms with Crippen molar-refractivity contribution in [2.75, 3.05) is 18.5 Å². The molecule has 34 heavy (non-hydrogen) atoms. The molecule has 2 aromatic carbocycles. The van der Waals surface area contributed by atoms with Gasteiger partial charge in [-0.25, -0.2) is 4.99 Å². The predicted octanol–water partition coefficient (Wildman–Crippen LogP) is 5.04. The van der Waals surface area contributed by atoms with Gasteiger partial charge in [0.2, 0.25) is 5.60 Å². The second-order valence-corrected chi connectivity index (χ2v) is 9.05. The van der Waals surface area contributed by atoms with Crippen molar-refractivity contribution < 1.29 is 14.4 Å². The average Bonchev–Trinajstić information content (AvgIpc) is 3.53. The van der Waals surface area contributed by atoms with Crippen LogP contribution in [0.5, 0.6) is 0 Å². The van der Waals surface area contributed by atoms with Gasteiger partial charge < -0.3 is 14.9 Å². The quantitative estimate of drug-likeness (QED) is 0.359. The smallest absolute Gasteiger partial charge is 0.290 e. The standard InChI is InChI=1S/C28H31N3O3/c1-3-24(31-33-4-2)28(18-32)17-29-27(34-28)30-26-22-14-9-8-13-20(22)25(19-11-6-5-7-12-19)21-15-10-16-23(21)26/h3,5-7,11-12,18H,1,4,8-10,13-17H2,2H3,(H,29,30)/b31-24+. The molecule has 1 atom stereocenters. The molecule has 6 nitrogen and oxygen atoms in total. The van der Waals surface area contributed by atoms with Crippen LogP contribution in [-0.4, -0.2) is 36.8 Å². The summed E-state index contributed by atoms with van der Waals surface area (Å²) in [5.41, 5.74) is 8.51. The number of nitrogens with one attached hydrogen (secondary N) is 1. The summed E-state index contributed by atoms with van der Waals surface area (Å²) in [5.74, 6) is 0. The lowest BCUT2D eigenvalue weighted by molar-refractivity contribution is -0.116. The molecule has 2 aromatic rings. The minimum absolute atomic E-state index is 0.142. The molecule has 2 aliphatic carbocycles. The van der Waals surface area contributed by atoms with Crippen LogP contribution in [0, 0.1) is 0 Å². The molecule has 6 heteroatoms. The lowest BCUT2D eigenvalue weighted by Crippen LogP contribution is -2.44. The molecule has 0 amide bonds. The van der Waals surface area contributed by atoms with E-state index in [-0.39, 0.29) is 6.54 Å². The molecule has 0 saturated heterocycles. The fraction of sp³-hybridized carbons (Fsp3) is 0.393. The number of amidine groups is 1. The van der Waals surface area contributed by atoms with Crippen molar-refractivity contribution >= 4 is 23.7 Å². The van der Waals surface area contributed by atoms with E-state index < -0.39 is 5.60 Å². The molecular formula is C28H31N3O3. The van der Waals surface area contributed by atoms with Gasteiger partial charge in [0.1, 0.15) is 12.3 Å². The van der Waals surface area contributed by atoms with Crippen molar-refractivity contribution in [3.05, 3.63) is 65.2 Å². The summed E-state index contributed by atoms with van der Waals surface area (Å²) >= 11 is 0. The molecule has 1 aliphatic heterocycles. The molecule has 5 rings (SSSR count). The average molecular weight is 458 g/mol. The van der Waals surface area contributed by atoms with Gasteiger partial charge in [-0.05, 0) is 91.3 Å². The number of fused-ring (bicyclic) bond motifs is 2. The summed E-state index contributed by atoms with van der Waals surface area (Å²) in [6, 6.07) is 11.1. The zero-order chi connectivity index (χ0) is 23.5. The first kappa shape index (κ1) is 22.4. The van der Waals surface area contributed by atoms with Gasteiger partial charge in [0, 0.05) is 5.69 Å². The van der Waals surface area contributed by atoms with Crippen molar-refractivity contribution in [3.63, 3.8) is 0 Å². The number of carbonyl (C=O) groups is 1. The van der Waals surface area contributed by atoms with Gasteiger partial charge in [-0.2, -0.15) is 0 Å². The van der Waals surface area contributed by atoms with Crippen molar-refractivity contribution in [2.24, 2.45) is 10.1 Å². The highest BCUT2D eigenvalue weighted by Crippen LogP contribution is 2.45. The number of hydrogen-bond donors (Lipinski definition) is 1. The summed E-state index contributed by atoms with van der Waals surface area (Å²) in [6.45, 7) is 6.15. The van der Waals surface area contributed by atoms with Crippen LogP contribution < -0.4 is 5.32 Å². The Bertz CT molecular complexity index is 1170. The Morgan fingerprint density at radius 1 is 1.12 bits per heavy atom. The Kier molecular flexibility index (Phi) is 6.22. The molecule has 1 heterocycles. The SMILES string of the molecule is C=C/C(=N\OCC)C1(C=O)CN=C(Nc2c3c(c(-c4ccccc4)c4c2CCC4)CCCC3)O1. The Labute approximate surface area is 200 Å². The van der Waals surface area contributed by atoms with Gasteiger partial charge in [-0.3, -0.25) is 4.79 Å². The molecule has 0 bridgehead atoms. The number of aldehydes is 1. The third kappa shape index (κ3) is 3.81. The Hall–Kier alpha value is -3.41. The zero-order valence-corrected chi connectivity index (χ0v) is 19.7. The van der Waals surface area contributed by atoms with Crippen molar-refractivity contribution in [3.8, 4) is 11.1 Å². The molecule has 0 aromatic heterocycles. The normalized spacial score (nSPS) is 21.2. The summed E-state index contributed by atoms with van der Waals surface area (Å²) in [5, 5.41) is 7.55. The second kappa shape index (κ2) is 9.45. The Morgan fingerprint density at radius 3 is 2.47 bits per heavy atom. The van der Waals surface area contributed by atoms with Crippen LogP contribution in [0.2, 0.25) is 0 Å². The van der Waals surface area contributed by atoms with Gasteiger partial charge in [0.25, 0.3) is 6.02 Å². The number of anilines is 1. The molecule has 176 valence electrons. The lowest BCUT2D eigenvalue weighted by atomic mass is 9.80. The highest BCUT2D eigenvalue weighted by molar-refractivity contribution is 6.14. The molecule has 1 N–H and O–H groups in total. The van der Waals surface area contributed by atoms with E-state index in [2.05, 4.69) is 52.4 Å². The maximum atomic E-state index is 12.1. The van der Waals surface area contributed by atoms with E-state index in [1.807, 2.05) is 6.92 Å². The number of rotatable bonds is 7. The van der Waals surface area contributed by atoms with E-state index in [4.69, 9.17) is 9.57 Å². The Balaban J connectivity index is 1.53. The van der Waals surface area contributed by atoms with Crippen LogP contribution in [0.15, 0.2) is 53.1 Å². The van der Waals surface area contributed by atoms with Gasteiger partial charge in [0.05, 0.1) is 6.54 Å². The summed E-state index contributed by atoms with van der Waals surface area (Å²) in [4.78, 5) is 21.8. The number of hydrogen-bond acceptors (Lipinski definition) is 6. The maximum absolute atomic E-state index is 12.1. The van der Waals surface area contributed by atoms with Crippen LogP contribution in [0.4, 0.5) is 5.69 Å². The number of nitrogens with zero attached hydrogens (tertiary/aromatic N) is 2. The van der Waals surface area contributed by atoms with Crippen LogP contribution >= 0.6 is 0 Å². The predicted molar refractivity (Wildman–Crippen MR) is 136 cm³/mol. The highest BCUT2D eigenvalue weighted by atomic mass is 16.6. The zero-order valence-electron chi connectivity index (χ0n) is 19.7. The number of benzene rings is 2. The molecule has 0 fully saturated rings. The van der Waals surface area contributed by atoms with E-state index >= 15 is 0 Å². The minimum atomic E-state index is -1.31. The van der Waals surface area contributed by atoms with Crippen molar-refractivity contribution in [1.29, 1.82) is 0 Å². The van der Waals surface area contributed by atoms with Crippen LogP contribution in [0.3, 0.4) is 0 Å². The first-order valence-corrected chi connectivity index (χ1v) is 12.2. The summed E-state index contributed by atoms with van der Waals surface area (Å²) in [7, 11) is 0. The summed E-state index contributed by atoms with van der Waals surface area (Å²) < 4.78 is 6.11. The highest BCUT2D eigenvalue weighted by Gasteiger charge is 2.43. The molecule has 3 aliphatic rings. The minimum Gasteiger partial charge on any atom is -0.442 e. The van der Waals surface area contributed by atoms with Gasteiger partial charge >= 0.3 is 0 Å². The number of oxime groups is 1. The fourth-order valence-electron chi connectivity index (χ4n) is 5.50. The monoisotopic (exact) mass is 457 g/mol. The van der Waals surface area contributed by atoms with Crippen LogP contribution in [-0.2, 0) is 40.1 Å². The van der Waals surface area contributed by atoms with Crippen molar-refractivity contribution in [1.82, 2.24) is 0 Å². The summed E-state index contributed by atoms with van der Waals surface area (Å²) in [6.07, 6.45) is 9.96. The van der Waals surface area contributed by atoms with Crippen LogP contribution in [0.25, 0.3) is 11.1 Å². The van der Waals surface area contributed by atoms with Gasteiger partial charge in [0.15, 0.2) is 6.29 Å². The topological polar surface area (TPSA) is 72.3 Å². The van der Waals surface area contributed by atoms with E-state index in [1.54, 1.807) is 0 Å². The first-order chi connectivity index (χ1) is 16.7. The number of aliphatic imine (C=N–C) groups is 1. The van der Waals surface area contributed by atoms with E-state index in [0.29, 0.717) is 18.3 Å². The first-order valence-electron chi connectivity index (χ1n) is 12.2. The Morgan fingerprint density at radius 2 is 1.79 bits per heavy atom. The lowest BCUT2D eigenvalue weighted by Gasteiger charge is -2.28. The second-order valence-electron chi connectivity index (χ2n) is 9.05. The van der Waals surface area contributed by atoms with Gasteiger partial charge in [-0.1, -0.05) is 42.1 Å². The van der Waals surface area contributed by atoms with Gasteiger partial charge in [-0.15, -0.1) is 0 Å². The fourth-order valence-corrected chi connectivity index (χ4v) is 5.50. The molecule has 0 radical (unpaired) electrons. The van der Waals surface area contributed by atoms with E-state index in [0.717, 1.165) is 44.1 Å². The van der Waals surface area contributed by atoms with E-state index in [9.17, 15) is 4.79 Å².